The van der Waals surface area contributed by atoms with Gasteiger partial charge in [-0.1, -0.05) is 64.0 Å². The maximum atomic E-state index is 3.81. The maximum Gasteiger partial charge on any atom is 0.0418 e. The fourth-order valence-corrected chi connectivity index (χ4v) is 4.80. The topological polar surface area (TPSA) is 0 Å². The SMILES string of the molecule is C/C=C/c1sc(/C=C/C)c(CCCCCCCCCC)c1Br. The van der Waals surface area contributed by atoms with Crippen LogP contribution in [0.3, 0.4) is 0 Å². The highest BCUT2D eigenvalue weighted by Crippen LogP contribution is 2.36. The van der Waals surface area contributed by atoms with Gasteiger partial charge < -0.3 is 0 Å². The normalized spacial score (nSPS) is 12.0. The van der Waals surface area contributed by atoms with E-state index in [0.717, 1.165) is 0 Å². The molecule has 1 aromatic rings. The average Bonchev–Trinajstić information content (AvgIpc) is 2.79. The molecule has 0 spiro atoms. The van der Waals surface area contributed by atoms with E-state index in [-0.39, 0.29) is 0 Å². The second-order valence-electron chi connectivity index (χ2n) is 5.85. The van der Waals surface area contributed by atoms with E-state index < -0.39 is 0 Å². The molecule has 0 unspecified atom stereocenters. The van der Waals surface area contributed by atoms with Crippen LogP contribution in [0.4, 0.5) is 0 Å². The number of thiophene rings is 1. The highest BCUT2D eigenvalue weighted by atomic mass is 79.9. The standard InChI is InChI=1S/C20H31BrS/c1-4-7-8-9-10-11-12-13-16-17-18(14-5-2)22-19(15-6-3)20(17)21/h5-6,14-15H,4,7-13,16H2,1-3H3/b14-5+,15-6+. The fourth-order valence-electron chi connectivity index (χ4n) is 2.69. The molecule has 22 heavy (non-hydrogen) atoms. The monoisotopic (exact) mass is 382 g/mol. The minimum Gasteiger partial charge on any atom is -0.135 e. The molecule has 0 bridgehead atoms. The van der Waals surface area contributed by atoms with E-state index in [4.69, 9.17) is 0 Å². The Morgan fingerprint density at radius 3 is 1.95 bits per heavy atom. The number of hydrogen-bond donors (Lipinski definition) is 0. The van der Waals surface area contributed by atoms with Gasteiger partial charge in [0.2, 0.25) is 0 Å². The van der Waals surface area contributed by atoms with Crippen molar-refractivity contribution < 1.29 is 0 Å². The summed E-state index contributed by atoms with van der Waals surface area (Å²) < 4.78 is 1.31. The minimum atomic E-state index is 1.20. The van der Waals surface area contributed by atoms with Crippen LogP contribution >= 0.6 is 27.3 Å². The molecule has 1 aromatic heterocycles. The van der Waals surface area contributed by atoms with Crippen LogP contribution in [0.1, 0.15) is 87.5 Å². The molecule has 124 valence electrons. The third-order valence-corrected chi connectivity index (χ3v) is 6.25. The first-order valence-electron chi connectivity index (χ1n) is 8.81. The summed E-state index contributed by atoms with van der Waals surface area (Å²) in [7, 11) is 0. The Balaban J connectivity index is 2.44. The fraction of sp³-hybridized carbons (Fsp3) is 0.600. The van der Waals surface area contributed by atoms with Crippen LogP contribution in [0.15, 0.2) is 16.6 Å². The first-order valence-corrected chi connectivity index (χ1v) is 10.4. The van der Waals surface area contributed by atoms with Crippen LogP contribution in [-0.4, -0.2) is 0 Å². The zero-order valence-electron chi connectivity index (χ0n) is 14.5. The van der Waals surface area contributed by atoms with Gasteiger partial charge in [0.15, 0.2) is 0 Å². The molecule has 0 amide bonds. The maximum absolute atomic E-state index is 3.81. The zero-order valence-corrected chi connectivity index (χ0v) is 16.9. The van der Waals surface area contributed by atoms with E-state index in [2.05, 4.69) is 61.0 Å². The van der Waals surface area contributed by atoms with Crippen molar-refractivity contribution in [2.75, 3.05) is 0 Å². The Hall–Kier alpha value is -0.340. The molecular formula is C20H31BrS. The Labute approximate surface area is 149 Å². The van der Waals surface area contributed by atoms with Crippen molar-refractivity contribution in [1.29, 1.82) is 0 Å². The molecule has 0 nitrogen and oxygen atoms in total. The van der Waals surface area contributed by atoms with Gasteiger partial charge in [0, 0.05) is 14.2 Å². The average molecular weight is 383 g/mol. The van der Waals surface area contributed by atoms with E-state index in [1.54, 1.807) is 0 Å². The van der Waals surface area contributed by atoms with E-state index in [1.807, 2.05) is 11.3 Å². The lowest BCUT2D eigenvalue weighted by atomic mass is 10.0. The summed E-state index contributed by atoms with van der Waals surface area (Å²) in [4.78, 5) is 2.77. The van der Waals surface area contributed by atoms with Crippen molar-refractivity contribution in [3.05, 3.63) is 31.9 Å². The summed E-state index contributed by atoms with van der Waals surface area (Å²) in [6.07, 6.45) is 21.0. The van der Waals surface area contributed by atoms with E-state index in [0.29, 0.717) is 0 Å². The molecule has 0 aromatic carbocycles. The molecule has 0 fully saturated rings. The largest absolute Gasteiger partial charge is 0.135 e. The molecule has 0 aliphatic heterocycles. The zero-order chi connectivity index (χ0) is 16.2. The van der Waals surface area contributed by atoms with Crippen molar-refractivity contribution in [2.24, 2.45) is 0 Å². The van der Waals surface area contributed by atoms with Crippen LogP contribution < -0.4 is 0 Å². The smallest absolute Gasteiger partial charge is 0.0418 e. The minimum absolute atomic E-state index is 1.20. The van der Waals surface area contributed by atoms with Crippen molar-refractivity contribution in [2.45, 2.75) is 78.6 Å². The summed E-state index contributed by atoms with van der Waals surface area (Å²) in [6.45, 7) is 6.46. The molecule has 0 aliphatic carbocycles. The molecule has 0 saturated heterocycles. The van der Waals surface area contributed by atoms with Crippen LogP contribution in [0, 0.1) is 0 Å². The number of hydrogen-bond acceptors (Lipinski definition) is 1. The van der Waals surface area contributed by atoms with Gasteiger partial charge in [0.05, 0.1) is 0 Å². The van der Waals surface area contributed by atoms with E-state index in [9.17, 15) is 0 Å². The number of unbranched alkanes of at least 4 members (excludes halogenated alkanes) is 7. The van der Waals surface area contributed by atoms with Gasteiger partial charge >= 0.3 is 0 Å². The summed E-state index contributed by atoms with van der Waals surface area (Å²) in [5, 5.41) is 0. The second-order valence-corrected chi connectivity index (χ2v) is 7.72. The molecule has 0 atom stereocenters. The number of rotatable bonds is 11. The molecule has 0 aliphatic rings. The van der Waals surface area contributed by atoms with Crippen molar-refractivity contribution >= 4 is 39.4 Å². The van der Waals surface area contributed by atoms with Crippen LogP contribution in [-0.2, 0) is 6.42 Å². The predicted molar refractivity (Wildman–Crippen MR) is 108 cm³/mol. The third kappa shape index (κ3) is 6.83. The highest BCUT2D eigenvalue weighted by molar-refractivity contribution is 9.10. The first-order chi connectivity index (χ1) is 10.7. The lowest BCUT2D eigenvalue weighted by molar-refractivity contribution is 0.575. The van der Waals surface area contributed by atoms with Gasteiger partial charge in [-0.05, 0) is 60.3 Å². The number of halogens is 1. The van der Waals surface area contributed by atoms with Gasteiger partial charge in [-0.25, -0.2) is 0 Å². The lowest BCUT2D eigenvalue weighted by Crippen LogP contribution is -1.88. The molecule has 0 radical (unpaired) electrons. The highest BCUT2D eigenvalue weighted by Gasteiger charge is 2.12. The van der Waals surface area contributed by atoms with Crippen LogP contribution in [0.2, 0.25) is 0 Å². The quantitative estimate of drug-likeness (QED) is 0.337. The van der Waals surface area contributed by atoms with Crippen molar-refractivity contribution in [3.8, 4) is 0 Å². The van der Waals surface area contributed by atoms with Gasteiger partial charge in [0.25, 0.3) is 0 Å². The Morgan fingerprint density at radius 1 is 0.818 bits per heavy atom. The Bertz CT molecular complexity index is 468. The van der Waals surface area contributed by atoms with Crippen molar-refractivity contribution in [1.82, 2.24) is 0 Å². The Morgan fingerprint density at radius 2 is 1.36 bits per heavy atom. The third-order valence-electron chi connectivity index (χ3n) is 3.92. The van der Waals surface area contributed by atoms with Crippen LogP contribution in [0.25, 0.3) is 12.2 Å². The summed E-state index contributed by atoms with van der Waals surface area (Å²) in [5.41, 5.74) is 1.50. The van der Waals surface area contributed by atoms with Crippen LogP contribution in [0.5, 0.6) is 0 Å². The summed E-state index contributed by atoms with van der Waals surface area (Å²) in [5.74, 6) is 0. The van der Waals surface area contributed by atoms with E-state index >= 15 is 0 Å². The van der Waals surface area contributed by atoms with Gasteiger partial charge in [0.1, 0.15) is 0 Å². The molecule has 2 heteroatoms. The van der Waals surface area contributed by atoms with Crippen molar-refractivity contribution in [3.63, 3.8) is 0 Å². The summed E-state index contributed by atoms with van der Waals surface area (Å²) in [6, 6.07) is 0. The predicted octanol–water partition coefficient (Wildman–Crippen LogP) is 8.26. The van der Waals surface area contributed by atoms with Gasteiger partial charge in [-0.2, -0.15) is 0 Å². The number of allylic oxidation sites excluding steroid dienone is 2. The lowest BCUT2D eigenvalue weighted by Gasteiger charge is -2.03. The van der Waals surface area contributed by atoms with Gasteiger partial charge in [-0.15, -0.1) is 11.3 Å². The molecule has 1 rings (SSSR count). The van der Waals surface area contributed by atoms with Gasteiger partial charge in [-0.3, -0.25) is 0 Å². The summed E-state index contributed by atoms with van der Waals surface area (Å²) >= 11 is 5.70. The first kappa shape index (κ1) is 19.7. The Kier molecular flexibility index (Phi) is 10.9. The molecule has 0 N–H and O–H groups in total. The van der Waals surface area contributed by atoms with E-state index in [1.165, 1.54) is 77.6 Å². The second kappa shape index (κ2) is 12.1. The molecule has 0 saturated carbocycles. The molecular weight excluding hydrogens is 352 g/mol. The molecule has 1 heterocycles.